The summed E-state index contributed by atoms with van der Waals surface area (Å²) >= 11 is 0.805. The van der Waals surface area contributed by atoms with Gasteiger partial charge in [-0.25, -0.2) is 0 Å². The SMILES string of the molecule is Oc1ccc(O)c(CC(I)CC(F)(F)C(F)(F)C(F)(F)C(F)(F)C(F)(F)C(F)(F)C(F)(F)C(F)(F)F)c1. The van der Waals surface area contributed by atoms with Crippen LogP contribution in [0.15, 0.2) is 18.2 Å². The van der Waals surface area contributed by atoms with Gasteiger partial charge in [0.05, 0.1) is 0 Å². The van der Waals surface area contributed by atoms with Crippen molar-refractivity contribution in [2.24, 2.45) is 0 Å². The number of hydrogen-bond acceptors (Lipinski definition) is 2. The maximum Gasteiger partial charge on any atom is 0.460 e. The summed E-state index contributed by atoms with van der Waals surface area (Å²) in [6.45, 7) is 0. The van der Waals surface area contributed by atoms with Gasteiger partial charge in [-0.3, -0.25) is 0 Å². The van der Waals surface area contributed by atoms with Gasteiger partial charge in [-0.15, -0.1) is 0 Å². The van der Waals surface area contributed by atoms with Crippen molar-refractivity contribution in [3.05, 3.63) is 23.8 Å². The lowest BCUT2D eigenvalue weighted by atomic mass is 9.87. The van der Waals surface area contributed by atoms with Crippen molar-refractivity contribution >= 4 is 22.6 Å². The third-order valence-corrected chi connectivity index (χ3v) is 5.65. The van der Waals surface area contributed by atoms with Gasteiger partial charge in [-0.2, -0.15) is 74.6 Å². The van der Waals surface area contributed by atoms with Crippen molar-refractivity contribution in [1.29, 1.82) is 0 Å². The fourth-order valence-electron chi connectivity index (χ4n) is 2.65. The molecule has 2 nitrogen and oxygen atoms in total. The van der Waals surface area contributed by atoms with E-state index in [1.807, 2.05) is 0 Å². The smallest absolute Gasteiger partial charge is 0.460 e. The minimum atomic E-state index is -8.67. The fraction of sp³-hybridized carbons (Fsp3) is 0.647. The van der Waals surface area contributed by atoms with Gasteiger partial charge in [0.1, 0.15) is 11.5 Å². The van der Waals surface area contributed by atoms with Gasteiger partial charge >= 0.3 is 47.6 Å². The Hall–Kier alpha value is -1.64. The van der Waals surface area contributed by atoms with E-state index in [0.717, 1.165) is 34.7 Å². The lowest BCUT2D eigenvalue weighted by Crippen LogP contribution is -2.74. The number of hydrogen-bond donors (Lipinski definition) is 2. The van der Waals surface area contributed by atoms with Crippen LogP contribution in [-0.2, 0) is 6.42 Å². The standard InChI is InChI=1S/C17H10F17IO2/c18-10(19,5-7(35)3-6-4-8(36)1-2-9(6)37)11(20,21)12(22,23)13(24,25)14(26,27)15(28,29)16(30,31)17(32,33)34/h1-2,4,7,36-37H,3,5H2. The maximum atomic E-state index is 14.0. The Morgan fingerprint density at radius 1 is 0.595 bits per heavy atom. The molecule has 0 heterocycles. The number of alkyl halides is 18. The van der Waals surface area contributed by atoms with Crippen LogP contribution in [0, 0.1) is 0 Å². The molecule has 0 spiro atoms. The van der Waals surface area contributed by atoms with Crippen LogP contribution < -0.4 is 0 Å². The Kier molecular flexibility index (Phi) is 8.60. The van der Waals surface area contributed by atoms with Gasteiger partial charge in [0.25, 0.3) is 0 Å². The van der Waals surface area contributed by atoms with E-state index in [-0.39, 0.29) is 0 Å². The van der Waals surface area contributed by atoms with Gasteiger partial charge in [-0.05, 0) is 30.2 Å². The second-order valence-corrected chi connectivity index (χ2v) is 9.23. The van der Waals surface area contributed by atoms with Crippen molar-refractivity contribution < 1.29 is 84.9 Å². The van der Waals surface area contributed by atoms with Crippen molar-refractivity contribution in [3.8, 4) is 11.5 Å². The van der Waals surface area contributed by atoms with E-state index in [4.69, 9.17) is 0 Å². The second-order valence-electron chi connectivity index (χ2n) is 7.47. The molecule has 0 saturated carbocycles. The van der Waals surface area contributed by atoms with Crippen LogP contribution in [0.25, 0.3) is 0 Å². The Morgan fingerprint density at radius 2 is 0.973 bits per heavy atom. The molecule has 0 aliphatic rings. The number of rotatable bonds is 10. The molecule has 1 aromatic rings. The summed E-state index contributed by atoms with van der Waals surface area (Å²) in [4.78, 5) is 0. The first-order valence-corrected chi connectivity index (χ1v) is 10.1. The van der Waals surface area contributed by atoms with Crippen molar-refractivity contribution in [2.75, 3.05) is 0 Å². The normalized spacial score (nSPS) is 16.2. The highest BCUT2D eigenvalue weighted by molar-refractivity contribution is 14.1. The van der Waals surface area contributed by atoms with E-state index < -0.39 is 81.5 Å². The molecular formula is C17H10F17IO2. The van der Waals surface area contributed by atoms with Crippen LogP contribution >= 0.6 is 22.6 Å². The molecule has 1 aromatic carbocycles. The fourth-order valence-corrected chi connectivity index (χ4v) is 3.68. The van der Waals surface area contributed by atoms with Gasteiger partial charge in [0.15, 0.2) is 0 Å². The molecule has 0 saturated heterocycles. The van der Waals surface area contributed by atoms with Crippen LogP contribution in [0.4, 0.5) is 74.6 Å². The third-order valence-electron chi connectivity index (χ3n) is 4.77. The lowest BCUT2D eigenvalue weighted by molar-refractivity contribution is -0.461. The minimum absolute atomic E-state index is 0.504. The average Bonchev–Trinajstić information content (AvgIpc) is 2.68. The Morgan fingerprint density at radius 3 is 1.38 bits per heavy atom. The summed E-state index contributed by atoms with van der Waals surface area (Å²) in [5.74, 6) is -58.1. The number of aromatic hydroxyl groups is 2. The zero-order chi connectivity index (χ0) is 29.8. The first-order valence-electron chi connectivity index (χ1n) is 8.89. The van der Waals surface area contributed by atoms with Gasteiger partial charge < -0.3 is 10.2 Å². The molecule has 0 aromatic heterocycles. The van der Waals surface area contributed by atoms with E-state index in [1.165, 1.54) is 0 Å². The Labute approximate surface area is 207 Å². The van der Waals surface area contributed by atoms with Crippen molar-refractivity contribution in [3.63, 3.8) is 0 Å². The Balaban J connectivity index is 3.45. The van der Waals surface area contributed by atoms with Crippen LogP contribution in [0.2, 0.25) is 0 Å². The van der Waals surface area contributed by atoms with E-state index in [1.54, 1.807) is 0 Å². The summed E-state index contributed by atoms with van der Waals surface area (Å²) < 4.78 is 224. The summed E-state index contributed by atoms with van der Waals surface area (Å²) in [6, 6.07) is 2.24. The predicted molar refractivity (Wildman–Crippen MR) is 96.6 cm³/mol. The highest BCUT2D eigenvalue weighted by Crippen LogP contribution is 2.64. The van der Waals surface area contributed by atoms with Crippen LogP contribution in [-0.4, -0.2) is 61.8 Å². The quantitative estimate of drug-likeness (QED) is 0.113. The lowest BCUT2D eigenvalue weighted by Gasteiger charge is -2.43. The molecule has 0 aliphatic carbocycles. The molecule has 1 atom stereocenters. The molecule has 2 N–H and O–H groups in total. The summed E-state index contributed by atoms with van der Waals surface area (Å²) in [5.41, 5.74) is -0.504. The Bertz CT molecular complexity index is 973. The molecule has 20 heteroatoms. The second kappa shape index (κ2) is 9.53. The van der Waals surface area contributed by atoms with Crippen molar-refractivity contribution in [2.45, 2.75) is 64.4 Å². The molecule has 37 heavy (non-hydrogen) atoms. The van der Waals surface area contributed by atoms with E-state index in [9.17, 15) is 84.9 Å². The van der Waals surface area contributed by atoms with Crippen LogP contribution in [0.3, 0.4) is 0 Å². The summed E-state index contributed by atoms with van der Waals surface area (Å²) in [7, 11) is 0. The highest BCUT2D eigenvalue weighted by Gasteiger charge is 2.95. The zero-order valence-corrected chi connectivity index (χ0v) is 19.1. The van der Waals surface area contributed by atoms with Crippen LogP contribution in [0.1, 0.15) is 12.0 Å². The monoisotopic (exact) mass is 696 g/mol. The average molecular weight is 696 g/mol. The zero-order valence-electron chi connectivity index (χ0n) is 16.9. The number of benzene rings is 1. The van der Waals surface area contributed by atoms with Crippen molar-refractivity contribution in [1.82, 2.24) is 0 Å². The predicted octanol–water partition coefficient (Wildman–Crippen LogP) is 7.84. The molecular weight excluding hydrogens is 686 g/mol. The molecule has 1 rings (SSSR count). The van der Waals surface area contributed by atoms with E-state index in [2.05, 4.69) is 0 Å². The molecule has 0 fully saturated rings. The maximum absolute atomic E-state index is 14.0. The van der Waals surface area contributed by atoms with E-state index in [0.29, 0.717) is 6.07 Å². The number of phenolic OH excluding ortho intramolecular Hbond substituents is 2. The first-order chi connectivity index (χ1) is 16.0. The molecule has 0 bridgehead atoms. The molecule has 1 unspecified atom stereocenters. The van der Waals surface area contributed by atoms with Gasteiger partial charge in [-0.1, -0.05) is 22.6 Å². The first kappa shape index (κ1) is 33.4. The number of phenols is 2. The molecule has 216 valence electrons. The topological polar surface area (TPSA) is 40.5 Å². The highest BCUT2D eigenvalue weighted by atomic mass is 127. The van der Waals surface area contributed by atoms with Crippen LogP contribution in [0.5, 0.6) is 11.5 Å². The van der Waals surface area contributed by atoms with Gasteiger partial charge in [0, 0.05) is 10.3 Å². The summed E-state index contributed by atoms with van der Waals surface area (Å²) in [5, 5.41) is 18.7. The third kappa shape index (κ3) is 5.18. The number of halogens is 18. The summed E-state index contributed by atoms with van der Waals surface area (Å²) in [6.07, 6.45) is -11.4. The minimum Gasteiger partial charge on any atom is -0.508 e. The van der Waals surface area contributed by atoms with E-state index >= 15 is 0 Å². The molecule has 0 aliphatic heterocycles. The largest absolute Gasteiger partial charge is 0.508 e. The van der Waals surface area contributed by atoms with Gasteiger partial charge in [0.2, 0.25) is 0 Å². The molecule has 0 amide bonds. The molecule has 0 radical (unpaired) electrons.